The molecule has 0 aromatic heterocycles. The molecule has 0 unspecified atom stereocenters. The molecule has 74 valence electrons. The number of hydrogen-bond acceptors (Lipinski definition) is 1. The summed E-state index contributed by atoms with van der Waals surface area (Å²) in [6.07, 6.45) is 0.981. The van der Waals surface area contributed by atoms with Crippen molar-refractivity contribution in [2.24, 2.45) is 0 Å². The molecular formula is C10H12BrFMgO. The van der Waals surface area contributed by atoms with Crippen molar-refractivity contribution in [1.29, 1.82) is 0 Å². The van der Waals surface area contributed by atoms with E-state index in [1.165, 1.54) is 12.1 Å². The predicted molar refractivity (Wildman–Crippen MR) is 50.9 cm³/mol. The van der Waals surface area contributed by atoms with Crippen LogP contribution >= 0.6 is 0 Å². The number of benzene rings is 1. The maximum absolute atomic E-state index is 12.6. The minimum Gasteiger partial charge on any atom is -1.00 e. The van der Waals surface area contributed by atoms with Crippen molar-refractivity contribution >= 4 is 23.1 Å². The second kappa shape index (κ2) is 9.89. The van der Waals surface area contributed by atoms with Gasteiger partial charge in [0.25, 0.3) is 0 Å². The molecule has 0 aliphatic rings. The van der Waals surface area contributed by atoms with Gasteiger partial charge in [-0.1, -0.05) is 6.92 Å². The Morgan fingerprint density at radius 1 is 1.50 bits per heavy atom. The number of hydrogen-bond donors (Lipinski definition) is 0. The van der Waals surface area contributed by atoms with Crippen LogP contribution in [0.5, 0.6) is 0 Å². The first-order valence-electron chi connectivity index (χ1n) is 4.07. The van der Waals surface area contributed by atoms with Gasteiger partial charge in [0, 0.05) is 19.0 Å². The van der Waals surface area contributed by atoms with E-state index in [1.54, 1.807) is 6.07 Å². The second-order valence-electron chi connectivity index (χ2n) is 2.58. The van der Waals surface area contributed by atoms with Gasteiger partial charge in [0.15, 0.2) is 0 Å². The van der Waals surface area contributed by atoms with E-state index < -0.39 is 0 Å². The van der Waals surface area contributed by atoms with E-state index in [4.69, 9.17) is 4.74 Å². The van der Waals surface area contributed by atoms with Crippen molar-refractivity contribution in [2.45, 2.75) is 20.0 Å². The fourth-order valence-electron chi connectivity index (χ4n) is 0.894. The first-order valence-corrected chi connectivity index (χ1v) is 4.07. The Balaban J connectivity index is 0. The van der Waals surface area contributed by atoms with Crippen LogP contribution in [0.1, 0.15) is 18.9 Å². The molecule has 0 saturated carbocycles. The molecule has 0 spiro atoms. The molecular weight excluding hydrogens is 259 g/mol. The zero-order chi connectivity index (χ0) is 8.81. The zero-order valence-electron chi connectivity index (χ0n) is 8.22. The van der Waals surface area contributed by atoms with Gasteiger partial charge in [-0.25, -0.2) is 4.39 Å². The van der Waals surface area contributed by atoms with Gasteiger partial charge >= 0.3 is 23.1 Å². The Morgan fingerprint density at radius 2 is 2.21 bits per heavy atom. The summed E-state index contributed by atoms with van der Waals surface area (Å²) in [5.74, 6) is -0.233. The third-order valence-corrected chi connectivity index (χ3v) is 1.43. The van der Waals surface area contributed by atoms with Gasteiger partial charge in [0.1, 0.15) is 0 Å². The van der Waals surface area contributed by atoms with Crippen LogP contribution in [-0.2, 0) is 11.3 Å². The molecule has 1 aromatic carbocycles. The third kappa shape index (κ3) is 6.76. The van der Waals surface area contributed by atoms with Crippen LogP contribution in [0, 0.1) is 11.9 Å². The largest absolute Gasteiger partial charge is 2.00 e. The van der Waals surface area contributed by atoms with Gasteiger partial charge in [0.05, 0.1) is 0 Å². The van der Waals surface area contributed by atoms with E-state index in [9.17, 15) is 4.39 Å². The fourth-order valence-corrected chi connectivity index (χ4v) is 0.894. The summed E-state index contributed by atoms with van der Waals surface area (Å²) in [5.41, 5.74) is 0.767. The van der Waals surface area contributed by atoms with Crippen LogP contribution in [0.2, 0.25) is 0 Å². The van der Waals surface area contributed by atoms with Gasteiger partial charge < -0.3 is 21.7 Å². The molecule has 14 heavy (non-hydrogen) atoms. The van der Waals surface area contributed by atoms with Crippen molar-refractivity contribution in [3.8, 4) is 0 Å². The van der Waals surface area contributed by atoms with Gasteiger partial charge in [0.2, 0.25) is 0 Å². The molecule has 1 nitrogen and oxygen atoms in total. The minimum absolute atomic E-state index is 0. The van der Waals surface area contributed by atoms with Crippen LogP contribution in [0.25, 0.3) is 0 Å². The molecule has 0 bridgehead atoms. The summed E-state index contributed by atoms with van der Waals surface area (Å²) in [4.78, 5) is 0. The van der Waals surface area contributed by atoms with E-state index in [-0.39, 0.29) is 45.9 Å². The maximum atomic E-state index is 12.6. The second-order valence-corrected chi connectivity index (χ2v) is 2.58. The number of halogens is 2. The molecule has 0 aliphatic carbocycles. The van der Waals surface area contributed by atoms with Crippen LogP contribution in [0.3, 0.4) is 0 Å². The predicted octanol–water partition coefficient (Wildman–Crippen LogP) is -0.824. The van der Waals surface area contributed by atoms with Crippen LogP contribution in [0.4, 0.5) is 4.39 Å². The molecule has 0 aliphatic heterocycles. The Kier molecular flexibility index (Phi) is 11.9. The molecule has 0 amide bonds. The van der Waals surface area contributed by atoms with Gasteiger partial charge in [-0.2, -0.15) is 12.1 Å². The summed E-state index contributed by atoms with van der Waals surface area (Å²) >= 11 is 0. The smallest absolute Gasteiger partial charge is 1.00 e. The van der Waals surface area contributed by atoms with E-state index in [0.717, 1.165) is 12.0 Å². The molecule has 4 heteroatoms. The van der Waals surface area contributed by atoms with E-state index in [2.05, 4.69) is 6.07 Å². The van der Waals surface area contributed by atoms with Crippen molar-refractivity contribution in [3.63, 3.8) is 0 Å². The summed E-state index contributed by atoms with van der Waals surface area (Å²) in [7, 11) is 0. The average Bonchev–Trinajstić information content (AvgIpc) is 2.05. The van der Waals surface area contributed by atoms with Crippen molar-refractivity contribution in [3.05, 3.63) is 35.6 Å². The summed E-state index contributed by atoms with van der Waals surface area (Å²) in [6, 6.07) is 7.29. The molecule has 0 radical (unpaired) electrons. The first-order chi connectivity index (χ1) is 5.83. The Labute approximate surface area is 111 Å². The average molecular weight is 271 g/mol. The van der Waals surface area contributed by atoms with E-state index >= 15 is 0 Å². The topological polar surface area (TPSA) is 9.23 Å². The fraction of sp³-hybridized carbons (Fsp3) is 0.400. The SMILES string of the molecule is CCCOCc1[c-]ccc(F)c1.[Br-].[Mg+2]. The molecule has 0 fully saturated rings. The minimum atomic E-state index is -0.233. The van der Waals surface area contributed by atoms with E-state index in [0.29, 0.717) is 13.2 Å². The Morgan fingerprint density at radius 3 is 2.79 bits per heavy atom. The number of ether oxygens (including phenoxy) is 1. The molecule has 0 N–H and O–H groups in total. The standard InChI is InChI=1S/C10H12FO.BrH.Mg/c1-2-6-12-8-9-4-3-5-10(11)7-9;;/h3,5,7H,2,6,8H2,1H3;1H;/q-1;;+2/p-1. The van der Waals surface area contributed by atoms with Gasteiger partial charge in [-0.05, 0) is 6.42 Å². The quantitative estimate of drug-likeness (QED) is 0.395. The first kappa shape index (κ1) is 16.8. The van der Waals surface area contributed by atoms with Crippen molar-refractivity contribution in [2.75, 3.05) is 6.61 Å². The Bertz CT molecular complexity index is 245. The summed E-state index contributed by atoms with van der Waals surface area (Å²) in [6.45, 7) is 3.20. The molecule has 0 heterocycles. The van der Waals surface area contributed by atoms with Gasteiger partial charge in [-0.3, -0.25) is 0 Å². The normalized spacial score (nSPS) is 8.71. The monoisotopic (exact) mass is 270 g/mol. The van der Waals surface area contributed by atoms with Crippen LogP contribution < -0.4 is 17.0 Å². The van der Waals surface area contributed by atoms with Crippen LogP contribution in [-0.4, -0.2) is 29.7 Å². The van der Waals surface area contributed by atoms with Crippen molar-refractivity contribution in [1.82, 2.24) is 0 Å². The molecule has 1 aromatic rings. The summed E-state index contributed by atoms with van der Waals surface area (Å²) < 4.78 is 17.8. The molecule has 1 rings (SSSR count). The van der Waals surface area contributed by atoms with Crippen LogP contribution in [0.15, 0.2) is 18.2 Å². The Hall–Kier alpha value is 0.356. The van der Waals surface area contributed by atoms with E-state index in [1.807, 2.05) is 6.92 Å². The molecule has 0 atom stereocenters. The van der Waals surface area contributed by atoms with Crippen molar-refractivity contribution < 1.29 is 26.1 Å². The maximum Gasteiger partial charge on any atom is 2.00 e. The number of rotatable bonds is 4. The molecule has 0 saturated heterocycles. The zero-order valence-corrected chi connectivity index (χ0v) is 11.2. The summed E-state index contributed by atoms with van der Waals surface area (Å²) in [5, 5.41) is 0. The van der Waals surface area contributed by atoms with Gasteiger partial charge in [-0.15, -0.1) is 17.7 Å². The third-order valence-electron chi connectivity index (χ3n) is 1.43.